The molecule has 0 unspecified atom stereocenters. The van der Waals surface area contributed by atoms with Crippen LogP contribution in [0.1, 0.15) is 233 Å². The van der Waals surface area contributed by atoms with Crippen LogP contribution in [0.2, 0.25) is 0 Å². The van der Waals surface area contributed by atoms with Gasteiger partial charge >= 0.3 is 0 Å². The highest BCUT2D eigenvalue weighted by molar-refractivity contribution is 4.79. The maximum atomic E-state index is 4.97. The predicted molar refractivity (Wildman–Crippen MR) is 348 cm³/mol. The Bertz CT molecular complexity index is 690. The second kappa shape index (κ2) is 106. The van der Waals surface area contributed by atoms with Crippen molar-refractivity contribution in [3.63, 3.8) is 0 Å². The lowest BCUT2D eigenvalue weighted by Gasteiger charge is -2.03. The number of ether oxygens (including phenoxy) is 10. The van der Waals surface area contributed by atoms with Crippen LogP contribution in [0.15, 0.2) is 24.3 Å². The van der Waals surface area contributed by atoms with Crippen molar-refractivity contribution in [2.45, 2.75) is 258 Å². The second-order valence-corrected chi connectivity index (χ2v) is 23.4. The normalized spacial score (nSPS) is 9.53. The lowest BCUT2D eigenvalue weighted by molar-refractivity contribution is -0.0589. The van der Waals surface area contributed by atoms with Crippen LogP contribution in [0, 0.1) is 41.4 Å². The molecule has 0 aromatic rings. The van der Waals surface area contributed by atoms with E-state index in [9.17, 15) is 0 Å². The molecule has 0 aliphatic rings. The molecule has 480 valence electrons. The van der Waals surface area contributed by atoms with E-state index in [2.05, 4.69) is 152 Å². The van der Waals surface area contributed by atoms with Gasteiger partial charge in [-0.25, -0.2) is 0 Å². The van der Waals surface area contributed by atoms with E-state index < -0.39 is 0 Å². The number of nitrogens with zero attached hydrogens (tertiary/aromatic N) is 1. The van der Waals surface area contributed by atoms with Gasteiger partial charge in [0, 0.05) is 69.6 Å². The molecule has 11 nitrogen and oxygen atoms in total. The first-order valence-electron chi connectivity index (χ1n) is 28.7. The zero-order valence-electron chi connectivity index (χ0n) is 60.4. The largest absolute Gasteiger partial charge is 0.385 e. The van der Waals surface area contributed by atoms with E-state index >= 15 is 0 Å². The summed E-state index contributed by atoms with van der Waals surface area (Å²) in [5.74, 6) is 5.72. The third-order valence-corrected chi connectivity index (χ3v) is 5.54. The van der Waals surface area contributed by atoms with Crippen LogP contribution in [0.5, 0.6) is 0 Å². The number of rotatable bonds is 20. The van der Waals surface area contributed by atoms with Gasteiger partial charge in [0.25, 0.3) is 0 Å². The third-order valence-electron chi connectivity index (χ3n) is 5.54. The summed E-state index contributed by atoms with van der Waals surface area (Å²) in [5, 5.41) is 0. The monoisotopic (exact) mass is 1110 g/mol. The Morgan fingerprint density at radius 3 is 0.487 bits per heavy atom. The SMILES string of the molecule is C=C(C)C.C=C(C)C.CC(C)C.CC(C)C.CC(C)C.CCC(C)C.CN(C)C.COC(C)C.COCCC(C)C.COCCC(C)C.COCCC(C)C.COCOC(C)C.COCOC(C)C.COCOC(C)C. The van der Waals surface area contributed by atoms with E-state index in [0.29, 0.717) is 26.5 Å². The molecule has 76 heavy (non-hydrogen) atoms. The molecule has 0 aromatic carbocycles. The molecule has 0 aliphatic heterocycles. The van der Waals surface area contributed by atoms with Gasteiger partial charge in [0.15, 0.2) is 0 Å². The minimum absolute atomic E-state index is 0.278. The van der Waals surface area contributed by atoms with Crippen LogP contribution in [0.3, 0.4) is 0 Å². The van der Waals surface area contributed by atoms with Crippen molar-refractivity contribution in [1.29, 1.82) is 0 Å². The first kappa shape index (κ1) is 110. The Hall–Kier alpha value is -0.960. The smallest absolute Gasteiger partial charge is 0.146 e. The van der Waals surface area contributed by atoms with Crippen molar-refractivity contribution < 1.29 is 47.4 Å². The average Bonchev–Trinajstić information content (AvgIpc) is 3.25. The van der Waals surface area contributed by atoms with Crippen LogP contribution in [-0.2, 0) is 47.4 Å². The van der Waals surface area contributed by atoms with E-state index in [0.717, 1.165) is 61.2 Å². The Labute approximate surface area is 485 Å². The van der Waals surface area contributed by atoms with Gasteiger partial charge in [-0.1, -0.05) is 142 Å². The molecule has 0 amide bonds. The first-order valence-corrected chi connectivity index (χ1v) is 28.7. The molecule has 0 saturated carbocycles. The fourth-order valence-electron chi connectivity index (χ4n) is 1.67. The number of methoxy groups -OCH3 is 7. The molecular formula is C65H155NO10. The zero-order valence-corrected chi connectivity index (χ0v) is 60.4. The summed E-state index contributed by atoms with van der Waals surface area (Å²) >= 11 is 0. The molecule has 0 spiro atoms. The van der Waals surface area contributed by atoms with Crippen LogP contribution < -0.4 is 0 Å². The van der Waals surface area contributed by atoms with Gasteiger partial charge in [-0.3, -0.25) is 0 Å². The van der Waals surface area contributed by atoms with Gasteiger partial charge in [-0.15, -0.1) is 13.2 Å². The Morgan fingerprint density at radius 2 is 0.461 bits per heavy atom. The van der Waals surface area contributed by atoms with Gasteiger partial charge in [0.05, 0.1) is 24.4 Å². The maximum Gasteiger partial charge on any atom is 0.146 e. The van der Waals surface area contributed by atoms with Crippen molar-refractivity contribution in [3.05, 3.63) is 24.3 Å². The van der Waals surface area contributed by atoms with Crippen molar-refractivity contribution in [2.24, 2.45) is 41.4 Å². The maximum absolute atomic E-state index is 4.97. The summed E-state index contributed by atoms with van der Waals surface area (Å²) in [6.07, 6.45) is 6.05. The van der Waals surface area contributed by atoms with Crippen LogP contribution in [-0.4, -0.2) is 140 Å². The second-order valence-electron chi connectivity index (χ2n) is 23.4. The van der Waals surface area contributed by atoms with Crippen molar-refractivity contribution in [3.8, 4) is 0 Å². The number of allylic oxidation sites excluding steroid dienone is 2. The highest BCUT2D eigenvalue weighted by atomic mass is 16.7. The summed E-state index contributed by atoms with van der Waals surface area (Å²) < 4.78 is 48.1. The van der Waals surface area contributed by atoms with E-state index in [1.54, 1.807) is 49.8 Å². The lowest BCUT2D eigenvalue weighted by Crippen LogP contribution is -2.04. The lowest BCUT2D eigenvalue weighted by atomic mass is 10.1. The topological polar surface area (TPSA) is 95.5 Å². The molecular weight excluding hydrogens is 955 g/mol. The number of hydrogen-bond donors (Lipinski definition) is 0. The highest BCUT2D eigenvalue weighted by Crippen LogP contribution is 1.98. The van der Waals surface area contributed by atoms with Gasteiger partial charge < -0.3 is 52.3 Å². The summed E-state index contributed by atoms with van der Waals surface area (Å²) in [6, 6.07) is 0. The summed E-state index contributed by atoms with van der Waals surface area (Å²) in [6.45, 7) is 74.0. The molecule has 0 saturated heterocycles. The summed E-state index contributed by atoms with van der Waals surface area (Å²) in [4.78, 5) is 2.00. The van der Waals surface area contributed by atoms with Gasteiger partial charge in [0.1, 0.15) is 20.4 Å². The number of hydrogen-bond acceptors (Lipinski definition) is 11. The molecule has 0 fully saturated rings. The van der Waals surface area contributed by atoms with Gasteiger partial charge in [-0.05, 0) is 165 Å². The minimum Gasteiger partial charge on any atom is -0.385 e. The van der Waals surface area contributed by atoms with E-state index in [1.807, 2.05) is 109 Å². The Balaban J connectivity index is -0.0000000457. The molecule has 0 N–H and O–H groups in total. The molecule has 0 rings (SSSR count). The first-order chi connectivity index (χ1) is 34.6. The van der Waals surface area contributed by atoms with Crippen molar-refractivity contribution in [2.75, 3.05) is 111 Å². The van der Waals surface area contributed by atoms with Crippen LogP contribution >= 0.6 is 0 Å². The Kier molecular flexibility index (Phi) is 154. The molecule has 0 aromatic heterocycles. The van der Waals surface area contributed by atoms with Gasteiger partial charge in [0.2, 0.25) is 0 Å². The van der Waals surface area contributed by atoms with Crippen molar-refractivity contribution >= 4 is 0 Å². The van der Waals surface area contributed by atoms with Gasteiger partial charge in [-0.2, -0.15) is 0 Å². The average molecular weight is 1110 g/mol. The van der Waals surface area contributed by atoms with Crippen LogP contribution in [0.25, 0.3) is 0 Å². The Morgan fingerprint density at radius 1 is 0.329 bits per heavy atom. The van der Waals surface area contributed by atoms with E-state index in [-0.39, 0.29) is 18.3 Å². The molecule has 0 bridgehead atoms. The quantitative estimate of drug-likeness (QED) is 0.0861. The van der Waals surface area contributed by atoms with Crippen LogP contribution in [0.4, 0.5) is 0 Å². The van der Waals surface area contributed by atoms with Crippen molar-refractivity contribution in [1.82, 2.24) is 4.90 Å². The molecule has 0 atom stereocenters. The summed E-state index contributed by atoms with van der Waals surface area (Å²) in [7, 11) is 17.8. The highest BCUT2D eigenvalue weighted by Gasteiger charge is 1.91. The molecule has 11 heteroatoms. The fourth-order valence-corrected chi connectivity index (χ4v) is 1.67. The molecule has 0 aliphatic carbocycles. The predicted octanol–water partition coefficient (Wildman–Crippen LogP) is 19.5. The van der Waals surface area contributed by atoms with E-state index in [4.69, 9.17) is 33.2 Å². The standard InChI is InChI=1S/3C6H14O.3C5H12O2.C5H12.C4H10O.3C4H10.2C4H8.C3H9N/c3*1-6(2)4-5-7-3;3*1-5(2)7-4-6-3;1-4-5(2)3;1-4(2)5-3;6*1-4(2)3/h3*6H,4-5H2,1-3H3;3*5H,4H2,1-3H3;5H,4H2,1-3H3;4H,1-3H3;3*4H,1-3H3;2*1H2,2-3H3;1-3H3. The third kappa shape index (κ3) is 518. The minimum atomic E-state index is 0.278. The molecule has 0 radical (unpaired) electrons. The zero-order chi connectivity index (χ0) is 64.2. The summed E-state index contributed by atoms with van der Waals surface area (Å²) in [5.41, 5.74) is 2.33. The molecule has 0 heterocycles. The van der Waals surface area contributed by atoms with E-state index in [1.165, 1.54) is 36.8 Å². The fraction of sp³-hybridized carbons (Fsp3) is 0.938.